The van der Waals surface area contributed by atoms with Crippen molar-refractivity contribution in [1.29, 1.82) is 0 Å². The van der Waals surface area contributed by atoms with Crippen LogP contribution in [0.5, 0.6) is 5.88 Å². The Morgan fingerprint density at radius 2 is 1.83 bits per heavy atom. The highest BCUT2D eigenvalue weighted by atomic mass is 32.1. The maximum atomic E-state index is 13.0. The van der Waals surface area contributed by atoms with Crippen molar-refractivity contribution in [2.24, 2.45) is 10.4 Å². The van der Waals surface area contributed by atoms with Crippen LogP contribution in [0.1, 0.15) is 11.1 Å². The Morgan fingerprint density at radius 3 is 2.52 bits per heavy atom. The van der Waals surface area contributed by atoms with E-state index >= 15 is 0 Å². The molecule has 2 aromatic heterocycles. The number of anilines is 1. The second kappa shape index (κ2) is 10.5. The maximum absolute atomic E-state index is 13.0. The number of hydrogen-bond acceptors (Lipinski definition) is 7. The fraction of sp³-hybridized carbons (Fsp3) is 0.242. The van der Waals surface area contributed by atoms with Crippen molar-refractivity contribution in [2.45, 2.75) is 0 Å². The molecule has 42 heavy (non-hydrogen) atoms. The number of rotatable bonds is 7. The fourth-order valence-corrected chi connectivity index (χ4v) is 7.05. The van der Waals surface area contributed by atoms with Crippen LogP contribution in [0, 0.1) is 5.41 Å². The largest absolute Gasteiger partial charge is 0.494 e. The van der Waals surface area contributed by atoms with E-state index in [0.717, 1.165) is 64.5 Å². The topological polar surface area (TPSA) is 88.1 Å². The summed E-state index contributed by atoms with van der Waals surface area (Å²) >= 11 is 1.58. The van der Waals surface area contributed by atoms with Gasteiger partial charge in [0.05, 0.1) is 33.9 Å². The van der Waals surface area contributed by atoms with Gasteiger partial charge in [0.2, 0.25) is 5.91 Å². The SMILES string of the molecule is CN1CC2(C1)CN(CC(=O)N(C)c1ccc(N=C(c3ccccc3)c3c(O)[nH]c4cc(-c5cncs5)ccc34)cc1)C2. The van der Waals surface area contributed by atoms with Crippen molar-refractivity contribution in [3.8, 4) is 16.3 Å². The van der Waals surface area contributed by atoms with Gasteiger partial charge in [-0.1, -0.05) is 42.5 Å². The van der Waals surface area contributed by atoms with Crippen LogP contribution in [0.25, 0.3) is 21.3 Å². The molecule has 7 rings (SSSR count). The van der Waals surface area contributed by atoms with Gasteiger partial charge in [-0.15, -0.1) is 11.3 Å². The van der Waals surface area contributed by atoms with E-state index in [1.54, 1.807) is 16.2 Å². The van der Waals surface area contributed by atoms with Crippen LogP contribution in [0.4, 0.5) is 11.4 Å². The van der Waals surface area contributed by atoms with Crippen molar-refractivity contribution in [3.05, 3.63) is 95.6 Å². The zero-order valence-corrected chi connectivity index (χ0v) is 24.4. The number of likely N-dealkylation sites (N-methyl/N-ethyl adjacent to an activating group) is 1. The van der Waals surface area contributed by atoms with Crippen molar-refractivity contribution in [3.63, 3.8) is 0 Å². The molecule has 2 N–H and O–H groups in total. The molecular formula is C33H32N6O2S. The van der Waals surface area contributed by atoms with Crippen molar-refractivity contribution in [1.82, 2.24) is 19.8 Å². The average Bonchev–Trinajstić information content (AvgIpc) is 3.62. The minimum atomic E-state index is 0.0670. The zero-order valence-electron chi connectivity index (χ0n) is 23.6. The number of carbonyl (C=O) groups is 1. The number of aromatic nitrogens is 2. The molecular weight excluding hydrogens is 544 g/mol. The summed E-state index contributed by atoms with van der Waals surface area (Å²) in [6.07, 6.45) is 1.84. The molecule has 0 radical (unpaired) electrons. The highest BCUT2D eigenvalue weighted by Gasteiger charge is 2.50. The van der Waals surface area contributed by atoms with Gasteiger partial charge in [-0.25, -0.2) is 4.99 Å². The van der Waals surface area contributed by atoms with Crippen LogP contribution in [0.15, 0.2) is 89.5 Å². The molecule has 3 aromatic carbocycles. The molecule has 8 nitrogen and oxygen atoms in total. The van der Waals surface area contributed by atoms with Gasteiger partial charge in [0, 0.05) is 67.0 Å². The Balaban J connectivity index is 1.15. The van der Waals surface area contributed by atoms with Gasteiger partial charge in [0.25, 0.3) is 0 Å². The summed E-state index contributed by atoms with van der Waals surface area (Å²) in [5.74, 6) is 0.150. The highest BCUT2D eigenvalue weighted by molar-refractivity contribution is 7.13. The standard InChI is InChI=1S/C33H32N6O2S/c1-37-17-33(18-37)19-39(20-33)16-29(40)38(2)25-11-9-24(10-12-25)35-31(22-6-4-3-5-7-22)30-26-13-8-23(28-15-34-21-42-28)14-27(26)36-32(30)41/h3-15,21,36,41H,16-20H2,1-2H3. The van der Waals surface area contributed by atoms with Gasteiger partial charge in [-0.3, -0.25) is 14.7 Å². The quantitative estimate of drug-likeness (QED) is 0.254. The molecule has 0 atom stereocenters. The molecule has 0 saturated carbocycles. The number of carbonyl (C=O) groups excluding carboxylic acids is 1. The Hall–Kier alpha value is -4.31. The number of amides is 1. The zero-order chi connectivity index (χ0) is 28.8. The van der Waals surface area contributed by atoms with E-state index in [9.17, 15) is 9.90 Å². The smallest absolute Gasteiger partial charge is 0.240 e. The number of aromatic amines is 1. The summed E-state index contributed by atoms with van der Waals surface area (Å²) in [4.78, 5) is 32.7. The van der Waals surface area contributed by atoms with Crippen LogP contribution in [0.2, 0.25) is 0 Å². The maximum Gasteiger partial charge on any atom is 0.240 e. The number of nitrogens with one attached hydrogen (secondary N) is 1. The highest BCUT2D eigenvalue weighted by Crippen LogP contribution is 2.38. The molecule has 0 aliphatic carbocycles. The van der Waals surface area contributed by atoms with Crippen LogP contribution in [-0.4, -0.2) is 83.3 Å². The molecule has 9 heteroatoms. The first-order chi connectivity index (χ1) is 20.4. The summed E-state index contributed by atoms with van der Waals surface area (Å²) in [5, 5.41) is 12.0. The van der Waals surface area contributed by atoms with Gasteiger partial charge in [-0.2, -0.15) is 0 Å². The second-order valence-electron chi connectivity index (χ2n) is 11.6. The number of nitrogens with zero attached hydrogens (tertiary/aromatic N) is 5. The lowest BCUT2D eigenvalue weighted by atomic mass is 9.73. The number of likely N-dealkylation sites (tertiary alicyclic amines) is 2. The van der Waals surface area contributed by atoms with E-state index in [2.05, 4.69) is 26.8 Å². The van der Waals surface area contributed by atoms with Crippen molar-refractivity contribution in [2.75, 3.05) is 51.7 Å². The Labute approximate surface area is 248 Å². The van der Waals surface area contributed by atoms with Gasteiger partial charge in [-0.05, 0) is 42.9 Å². The van der Waals surface area contributed by atoms with Crippen LogP contribution in [0.3, 0.4) is 0 Å². The van der Waals surface area contributed by atoms with Crippen molar-refractivity contribution >= 4 is 45.2 Å². The van der Waals surface area contributed by atoms with E-state index < -0.39 is 0 Å². The summed E-state index contributed by atoms with van der Waals surface area (Å²) in [5.41, 5.74) is 7.83. The summed E-state index contributed by atoms with van der Waals surface area (Å²) in [6, 6.07) is 23.6. The predicted octanol–water partition coefficient (Wildman–Crippen LogP) is 5.38. The first kappa shape index (κ1) is 26.6. The molecule has 1 spiro atoms. The summed E-state index contributed by atoms with van der Waals surface area (Å²) in [6.45, 7) is 4.69. The van der Waals surface area contributed by atoms with Crippen LogP contribution >= 0.6 is 11.3 Å². The first-order valence-electron chi connectivity index (χ1n) is 14.0. The van der Waals surface area contributed by atoms with E-state index in [0.29, 0.717) is 23.2 Å². The van der Waals surface area contributed by atoms with E-state index in [1.807, 2.05) is 91.6 Å². The number of aliphatic imine (C=N–C) groups is 1. The molecule has 2 aliphatic rings. The lowest BCUT2D eigenvalue weighted by Gasteiger charge is -2.59. The van der Waals surface area contributed by atoms with Crippen LogP contribution < -0.4 is 4.90 Å². The number of benzene rings is 3. The molecule has 5 aromatic rings. The normalized spacial score (nSPS) is 16.9. The number of thiazole rings is 1. The second-order valence-corrected chi connectivity index (χ2v) is 12.5. The predicted molar refractivity (Wildman–Crippen MR) is 169 cm³/mol. The monoisotopic (exact) mass is 576 g/mol. The Morgan fingerprint density at radius 1 is 1.07 bits per heavy atom. The van der Waals surface area contributed by atoms with Gasteiger partial charge < -0.3 is 19.9 Å². The van der Waals surface area contributed by atoms with E-state index in [4.69, 9.17) is 4.99 Å². The Bertz CT molecular complexity index is 1760. The Kier molecular flexibility index (Phi) is 6.65. The molecule has 1 amide bonds. The van der Waals surface area contributed by atoms with Crippen molar-refractivity contribution < 1.29 is 9.90 Å². The summed E-state index contributed by atoms with van der Waals surface area (Å²) < 4.78 is 0. The third-order valence-corrected chi connectivity index (χ3v) is 9.14. The molecule has 212 valence electrons. The lowest BCUT2D eigenvalue weighted by molar-refractivity contribution is -0.131. The minimum absolute atomic E-state index is 0.0670. The van der Waals surface area contributed by atoms with Gasteiger partial charge in [0.1, 0.15) is 0 Å². The molecule has 2 aliphatic heterocycles. The van der Waals surface area contributed by atoms with Crippen LogP contribution in [-0.2, 0) is 4.79 Å². The van der Waals surface area contributed by atoms with E-state index in [-0.39, 0.29) is 11.8 Å². The van der Waals surface area contributed by atoms with Gasteiger partial charge in [0.15, 0.2) is 5.88 Å². The fourth-order valence-electron chi connectivity index (χ4n) is 6.43. The summed E-state index contributed by atoms with van der Waals surface area (Å²) in [7, 11) is 3.97. The average molecular weight is 577 g/mol. The first-order valence-corrected chi connectivity index (χ1v) is 14.9. The molecule has 2 fully saturated rings. The molecule has 2 saturated heterocycles. The number of aromatic hydroxyl groups is 1. The number of hydrogen-bond donors (Lipinski definition) is 2. The minimum Gasteiger partial charge on any atom is -0.494 e. The third kappa shape index (κ3) is 4.89. The molecule has 0 bridgehead atoms. The van der Waals surface area contributed by atoms with Gasteiger partial charge >= 0.3 is 0 Å². The van der Waals surface area contributed by atoms with E-state index in [1.165, 1.54) is 0 Å². The lowest BCUT2D eigenvalue weighted by Crippen LogP contribution is -2.71. The molecule has 0 unspecified atom stereocenters. The molecule has 4 heterocycles. The third-order valence-electron chi connectivity index (χ3n) is 8.32. The number of H-pyrrole nitrogens is 1. The number of fused-ring (bicyclic) bond motifs is 1.